The van der Waals surface area contributed by atoms with E-state index in [1.807, 2.05) is 0 Å². The number of nitrogens with zero attached hydrogens (tertiary/aromatic N) is 2. The molecular weight excluding hydrogens is 140 g/mol. The molecule has 1 aromatic heterocycles. The molecule has 0 fully saturated rings. The van der Waals surface area contributed by atoms with Crippen LogP contribution in [0.5, 0.6) is 0 Å². The lowest BCUT2D eigenvalue weighted by atomic mass is 10.8. The molecule has 0 aliphatic carbocycles. The summed E-state index contributed by atoms with van der Waals surface area (Å²) in [6.07, 6.45) is 1.14. The predicted octanol–water partition coefficient (Wildman–Crippen LogP) is 1.11. The smallest absolute Gasteiger partial charge is 0.257 e. The van der Waals surface area contributed by atoms with E-state index in [0.29, 0.717) is 0 Å². The molecule has 5 heteroatoms. The average molecular weight is 142 g/mol. The van der Waals surface area contributed by atoms with E-state index in [1.54, 1.807) is 0 Å². The summed E-state index contributed by atoms with van der Waals surface area (Å²) in [6.45, 7) is 5.12. The second-order valence-corrected chi connectivity index (χ2v) is 2.33. The molecule has 9 heavy (non-hydrogen) atoms. The van der Waals surface area contributed by atoms with Gasteiger partial charge in [-0.2, -0.15) is 0 Å². The third kappa shape index (κ3) is 1.23. The van der Waals surface area contributed by atoms with Gasteiger partial charge in [-0.3, -0.25) is 10.1 Å². The quantitative estimate of drug-likeness (QED) is 0.436. The van der Waals surface area contributed by atoms with Crippen molar-refractivity contribution in [2.24, 2.45) is 0 Å². The van der Waals surface area contributed by atoms with Crippen molar-refractivity contribution < 1.29 is 4.92 Å². The summed E-state index contributed by atoms with van der Waals surface area (Å²) in [4.78, 5) is 12.9. The maximum atomic E-state index is 9.93. The molecule has 0 atom stereocenters. The summed E-state index contributed by atoms with van der Waals surface area (Å²) >= 11 is 0.863. The first-order valence-corrected chi connectivity index (χ1v) is 2.87. The van der Waals surface area contributed by atoms with Crippen molar-refractivity contribution in [3.63, 3.8) is 0 Å². The van der Waals surface area contributed by atoms with E-state index in [9.17, 15) is 10.1 Å². The Morgan fingerprint density at radius 3 is 2.78 bits per heavy atom. The number of rotatable bonds is 1. The molecule has 0 unspecified atom stereocenters. The molecule has 0 amide bonds. The summed E-state index contributed by atoms with van der Waals surface area (Å²) < 4.78 is 0. The Bertz CT molecular complexity index is 232. The van der Waals surface area contributed by atoms with Gasteiger partial charge >= 0.3 is 5.00 Å². The summed E-state index contributed by atoms with van der Waals surface area (Å²) in [5, 5.41) is 10.1. The van der Waals surface area contributed by atoms with Crippen LogP contribution in [0.3, 0.4) is 0 Å². The van der Waals surface area contributed by atoms with Crippen LogP contribution in [0.1, 0.15) is 5.01 Å². The van der Waals surface area contributed by atoms with Gasteiger partial charge in [0.15, 0.2) is 0 Å². The highest BCUT2D eigenvalue weighted by atomic mass is 32.1. The zero-order chi connectivity index (χ0) is 6.85. The first-order valence-electron chi connectivity index (χ1n) is 2.06. The Labute approximate surface area is 55.3 Å². The highest BCUT2D eigenvalue weighted by Crippen LogP contribution is 2.19. The number of nitro groups is 1. The van der Waals surface area contributed by atoms with Gasteiger partial charge in [0.25, 0.3) is 0 Å². The standard InChI is InChI=1S/C4H2N2O2S/c1-3-5-2-4(9-3)6(7)8/h1-2H. The molecule has 0 aromatic carbocycles. The third-order valence-corrected chi connectivity index (χ3v) is 1.47. The van der Waals surface area contributed by atoms with Gasteiger partial charge < -0.3 is 0 Å². The van der Waals surface area contributed by atoms with Gasteiger partial charge in [-0.1, -0.05) is 0 Å². The molecule has 0 saturated carbocycles. The minimum Gasteiger partial charge on any atom is -0.257 e. The Balaban J connectivity index is 2.98. The summed E-state index contributed by atoms with van der Waals surface area (Å²) in [5.74, 6) is 0. The molecular formula is C4H2N2O2S. The molecule has 0 aliphatic heterocycles. The predicted molar refractivity (Wildman–Crippen MR) is 32.2 cm³/mol. The number of thiazole rings is 1. The number of hydrogen-bond acceptors (Lipinski definition) is 4. The number of hydrogen-bond donors (Lipinski definition) is 0. The van der Waals surface area contributed by atoms with Crippen LogP contribution in [0.4, 0.5) is 5.00 Å². The molecule has 0 spiro atoms. The second-order valence-electron chi connectivity index (χ2n) is 1.29. The van der Waals surface area contributed by atoms with Crippen LogP contribution in [0, 0.1) is 17.0 Å². The zero-order valence-corrected chi connectivity index (χ0v) is 5.09. The SMILES string of the molecule is [CH]c1ncc([N+](=O)[O-])s1. The summed E-state index contributed by atoms with van der Waals surface area (Å²) in [5.41, 5.74) is 0. The monoisotopic (exact) mass is 142 g/mol. The van der Waals surface area contributed by atoms with Crippen LogP contribution in [0.25, 0.3) is 0 Å². The first kappa shape index (κ1) is 6.15. The topological polar surface area (TPSA) is 56.0 Å². The van der Waals surface area contributed by atoms with Crippen LogP contribution in [0.15, 0.2) is 6.20 Å². The first-order chi connectivity index (χ1) is 4.20. The maximum absolute atomic E-state index is 9.93. The van der Waals surface area contributed by atoms with E-state index in [0.717, 1.165) is 17.5 Å². The van der Waals surface area contributed by atoms with Gasteiger partial charge in [-0.05, 0) is 11.3 Å². The lowest BCUT2D eigenvalue weighted by Crippen LogP contribution is -1.80. The van der Waals surface area contributed by atoms with Crippen LogP contribution in [-0.2, 0) is 0 Å². The normalized spacial score (nSPS) is 9.44. The Morgan fingerprint density at radius 1 is 1.89 bits per heavy atom. The minimum atomic E-state index is -0.520. The summed E-state index contributed by atoms with van der Waals surface area (Å²) in [6, 6.07) is 0. The van der Waals surface area contributed by atoms with Crippen molar-refractivity contribution in [3.8, 4) is 0 Å². The van der Waals surface area contributed by atoms with Crippen molar-refractivity contribution in [3.05, 3.63) is 28.2 Å². The summed E-state index contributed by atoms with van der Waals surface area (Å²) in [7, 11) is 0. The highest BCUT2D eigenvalue weighted by Gasteiger charge is 2.07. The van der Waals surface area contributed by atoms with Gasteiger partial charge in [0, 0.05) is 6.92 Å². The van der Waals surface area contributed by atoms with Crippen LogP contribution in [-0.4, -0.2) is 9.91 Å². The number of aromatic nitrogens is 1. The molecule has 0 N–H and O–H groups in total. The molecule has 0 bridgehead atoms. The largest absolute Gasteiger partial charge is 0.343 e. The Morgan fingerprint density at radius 2 is 2.56 bits per heavy atom. The van der Waals surface area contributed by atoms with Gasteiger partial charge in [0.2, 0.25) is 0 Å². The molecule has 1 heterocycles. The fourth-order valence-corrected chi connectivity index (χ4v) is 0.863. The van der Waals surface area contributed by atoms with E-state index in [-0.39, 0.29) is 10.0 Å². The Hall–Kier alpha value is -0.970. The van der Waals surface area contributed by atoms with Gasteiger partial charge in [0.1, 0.15) is 11.2 Å². The van der Waals surface area contributed by atoms with Crippen LogP contribution < -0.4 is 0 Å². The average Bonchev–Trinajstić information content (AvgIpc) is 2.14. The molecule has 4 nitrogen and oxygen atoms in total. The molecule has 1 rings (SSSR count). The van der Waals surface area contributed by atoms with Crippen molar-refractivity contribution in [1.82, 2.24) is 4.98 Å². The van der Waals surface area contributed by atoms with Crippen molar-refractivity contribution in [2.75, 3.05) is 0 Å². The van der Waals surface area contributed by atoms with Crippen molar-refractivity contribution in [2.45, 2.75) is 0 Å². The van der Waals surface area contributed by atoms with Gasteiger partial charge in [0.05, 0.1) is 4.92 Å². The lowest BCUT2D eigenvalue weighted by molar-refractivity contribution is -0.380. The van der Waals surface area contributed by atoms with Crippen LogP contribution in [0.2, 0.25) is 0 Å². The maximum Gasteiger partial charge on any atom is 0.343 e. The minimum absolute atomic E-state index is 0.0208. The fourth-order valence-electron chi connectivity index (χ4n) is 0.363. The van der Waals surface area contributed by atoms with Gasteiger partial charge in [-0.25, -0.2) is 4.98 Å². The van der Waals surface area contributed by atoms with E-state index in [1.165, 1.54) is 0 Å². The van der Waals surface area contributed by atoms with E-state index < -0.39 is 4.92 Å². The van der Waals surface area contributed by atoms with E-state index >= 15 is 0 Å². The van der Waals surface area contributed by atoms with Crippen molar-refractivity contribution >= 4 is 16.3 Å². The second kappa shape index (κ2) is 2.10. The Kier molecular flexibility index (Phi) is 1.44. The van der Waals surface area contributed by atoms with Crippen LogP contribution >= 0.6 is 11.3 Å². The van der Waals surface area contributed by atoms with Gasteiger partial charge in [-0.15, -0.1) is 0 Å². The lowest BCUT2D eigenvalue weighted by Gasteiger charge is -1.76. The zero-order valence-electron chi connectivity index (χ0n) is 4.27. The molecule has 2 radical (unpaired) electrons. The van der Waals surface area contributed by atoms with E-state index in [2.05, 4.69) is 4.98 Å². The molecule has 0 aliphatic rings. The highest BCUT2D eigenvalue weighted by molar-refractivity contribution is 7.15. The third-order valence-electron chi connectivity index (χ3n) is 0.691. The molecule has 1 aromatic rings. The van der Waals surface area contributed by atoms with E-state index in [4.69, 9.17) is 6.92 Å². The molecule has 46 valence electrons. The fraction of sp³-hybridized carbons (Fsp3) is 0. The molecule has 0 saturated heterocycles. The van der Waals surface area contributed by atoms with Crippen molar-refractivity contribution in [1.29, 1.82) is 0 Å².